The number of ether oxygens (including phenoxy) is 8. The molecule has 274 valence electrons. The highest BCUT2D eigenvalue weighted by molar-refractivity contribution is 5.91. The van der Waals surface area contributed by atoms with Crippen molar-refractivity contribution in [3.05, 3.63) is 118 Å². The molecule has 3 aromatic carbocycles. The molecule has 0 aromatic heterocycles. The molecule has 0 spiro atoms. The smallest absolute Gasteiger partial charge is 0.339 e. The van der Waals surface area contributed by atoms with Gasteiger partial charge >= 0.3 is 23.9 Å². The molecule has 2 aliphatic heterocycles. The Bertz CT molecular complexity index is 1710. The van der Waals surface area contributed by atoms with E-state index in [4.69, 9.17) is 43.4 Å². The van der Waals surface area contributed by atoms with Crippen LogP contribution in [0.5, 0.6) is 0 Å². The van der Waals surface area contributed by atoms with Crippen LogP contribution in [0, 0.1) is 0 Å². The minimum atomic E-state index is -1.90. The van der Waals surface area contributed by atoms with Gasteiger partial charge in [-0.25, -0.2) is 19.2 Å². The minimum Gasteiger partial charge on any atom is -0.467 e. The molecule has 2 fully saturated rings. The van der Waals surface area contributed by atoms with Crippen LogP contribution in [0.2, 0.25) is 0 Å². The third-order valence-electron chi connectivity index (χ3n) is 7.96. The van der Waals surface area contributed by atoms with Crippen LogP contribution in [0.15, 0.2) is 96.1 Å². The van der Waals surface area contributed by atoms with Crippen LogP contribution in [-0.2, 0) is 42.7 Å². The lowest BCUT2D eigenvalue weighted by molar-refractivity contribution is -0.342. The van der Waals surface area contributed by atoms with Crippen molar-refractivity contribution in [1.82, 2.24) is 0 Å². The molecule has 0 amide bonds. The Morgan fingerprint density at radius 2 is 1.27 bits per heavy atom. The van der Waals surface area contributed by atoms with E-state index >= 15 is 0 Å². The zero-order valence-corrected chi connectivity index (χ0v) is 27.6. The summed E-state index contributed by atoms with van der Waals surface area (Å²) < 4.78 is 45.5. The van der Waals surface area contributed by atoms with Crippen LogP contribution in [0.3, 0.4) is 0 Å². The number of carbonyl (C=O) groups excluding carboxylic acids is 4. The summed E-state index contributed by atoms with van der Waals surface area (Å²) in [6.45, 7) is -0.963. The second kappa shape index (κ2) is 18.2. The second-order valence-corrected chi connectivity index (χ2v) is 11.3. The number of hydrogen-bond acceptors (Lipinski definition) is 15. The van der Waals surface area contributed by atoms with E-state index in [2.05, 4.69) is 10.0 Å². The normalized spacial score (nSPS) is 26.9. The number of carbonyl (C=O) groups is 4. The molecule has 2 heterocycles. The first kappa shape index (κ1) is 37.9. The predicted octanol–water partition coefficient (Wildman–Crippen LogP) is 2.35. The van der Waals surface area contributed by atoms with Crippen molar-refractivity contribution in [2.45, 2.75) is 55.3 Å². The number of esters is 4. The molecule has 0 bridgehead atoms. The average Bonchev–Trinajstić information content (AvgIpc) is 3.18. The summed E-state index contributed by atoms with van der Waals surface area (Å²) in [5.41, 5.74) is 9.10. The lowest BCUT2D eigenvalue weighted by Crippen LogP contribution is -2.66. The number of azide groups is 1. The molecular weight excluding hydrogens is 686 g/mol. The van der Waals surface area contributed by atoms with E-state index in [1.165, 1.54) is 36.4 Å². The van der Waals surface area contributed by atoms with Crippen LogP contribution in [0.25, 0.3) is 10.4 Å². The molecule has 2 saturated heterocycles. The average molecular weight is 722 g/mol. The summed E-state index contributed by atoms with van der Waals surface area (Å²) in [5, 5.41) is 25.6. The fourth-order valence-corrected chi connectivity index (χ4v) is 5.37. The SMILES string of the molecule is COC(=O)C1O[C@@H](OCCN=[N+]=[N-])C(OC(=O)c2ccccc2)C(O[C@H]2OC[C@@H](OC(=O)c3ccccc3)C(O)C2O)[C@@H]1OC(=O)c1ccccc1. The molecule has 5 unspecified atom stereocenters. The van der Waals surface area contributed by atoms with Gasteiger partial charge in [-0.1, -0.05) is 59.7 Å². The maximum Gasteiger partial charge on any atom is 0.339 e. The van der Waals surface area contributed by atoms with Gasteiger partial charge in [0.2, 0.25) is 0 Å². The highest BCUT2D eigenvalue weighted by atomic mass is 16.8. The molecule has 5 rings (SSSR count). The molecule has 0 aliphatic carbocycles. The lowest BCUT2D eigenvalue weighted by Gasteiger charge is -2.46. The minimum absolute atomic E-state index is 0.0721. The van der Waals surface area contributed by atoms with Crippen molar-refractivity contribution in [2.75, 3.05) is 26.9 Å². The van der Waals surface area contributed by atoms with Gasteiger partial charge in [0, 0.05) is 11.5 Å². The molecule has 0 saturated carbocycles. The van der Waals surface area contributed by atoms with Gasteiger partial charge in [0.15, 0.2) is 37.0 Å². The van der Waals surface area contributed by atoms with E-state index in [9.17, 15) is 29.4 Å². The zero-order chi connectivity index (χ0) is 37.0. The molecule has 52 heavy (non-hydrogen) atoms. The van der Waals surface area contributed by atoms with Crippen molar-refractivity contribution in [1.29, 1.82) is 0 Å². The third kappa shape index (κ3) is 9.28. The number of methoxy groups -OCH3 is 1. The Morgan fingerprint density at radius 3 is 1.79 bits per heavy atom. The number of hydrogen-bond donors (Lipinski definition) is 2. The quantitative estimate of drug-likeness (QED) is 0.0645. The molecular formula is C35H35N3O14. The maximum absolute atomic E-state index is 13.4. The van der Waals surface area contributed by atoms with E-state index in [0.29, 0.717) is 0 Å². The molecule has 9 atom stereocenters. The first-order chi connectivity index (χ1) is 25.2. The Balaban J connectivity index is 1.48. The summed E-state index contributed by atoms with van der Waals surface area (Å²) in [4.78, 5) is 55.4. The molecule has 0 radical (unpaired) electrons. The summed E-state index contributed by atoms with van der Waals surface area (Å²) in [7, 11) is 1.05. The van der Waals surface area contributed by atoms with Gasteiger partial charge in [0.05, 0.1) is 37.0 Å². The number of aliphatic hydroxyl groups is 2. The first-order valence-electron chi connectivity index (χ1n) is 16.0. The summed E-state index contributed by atoms with van der Waals surface area (Å²) in [5.74, 6) is -3.68. The van der Waals surface area contributed by atoms with Gasteiger partial charge in [-0.3, -0.25) is 0 Å². The monoisotopic (exact) mass is 721 g/mol. The number of benzene rings is 3. The van der Waals surface area contributed by atoms with Gasteiger partial charge in [-0.15, -0.1) is 0 Å². The number of aliphatic hydroxyl groups excluding tert-OH is 2. The lowest BCUT2D eigenvalue weighted by atomic mass is 9.96. The molecule has 2 aliphatic rings. The maximum atomic E-state index is 13.4. The summed E-state index contributed by atoms with van der Waals surface area (Å²) in [6, 6.07) is 23.4. The highest BCUT2D eigenvalue weighted by Gasteiger charge is 2.56. The van der Waals surface area contributed by atoms with Crippen LogP contribution in [0.1, 0.15) is 31.1 Å². The van der Waals surface area contributed by atoms with E-state index in [1.807, 2.05) is 0 Å². The van der Waals surface area contributed by atoms with Crippen molar-refractivity contribution in [3.63, 3.8) is 0 Å². The topological polar surface area (TPSA) is 231 Å². The van der Waals surface area contributed by atoms with Crippen molar-refractivity contribution < 1.29 is 67.3 Å². The van der Waals surface area contributed by atoms with Gasteiger partial charge in [-0.05, 0) is 41.9 Å². The summed E-state index contributed by atoms with van der Waals surface area (Å²) in [6.07, 6.45) is -15.3. The first-order valence-corrected chi connectivity index (χ1v) is 16.0. The predicted molar refractivity (Wildman–Crippen MR) is 174 cm³/mol. The van der Waals surface area contributed by atoms with Crippen LogP contribution < -0.4 is 0 Å². The second-order valence-electron chi connectivity index (χ2n) is 11.3. The molecule has 2 N–H and O–H groups in total. The Hall–Kier alpha value is -5.39. The van der Waals surface area contributed by atoms with E-state index in [0.717, 1.165) is 7.11 Å². The van der Waals surface area contributed by atoms with Crippen molar-refractivity contribution >= 4 is 23.9 Å². The van der Waals surface area contributed by atoms with Gasteiger partial charge in [-0.2, -0.15) is 0 Å². The van der Waals surface area contributed by atoms with Gasteiger partial charge < -0.3 is 48.1 Å². The fourth-order valence-electron chi connectivity index (χ4n) is 5.37. The molecule has 3 aromatic rings. The van der Waals surface area contributed by atoms with E-state index in [1.54, 1.807) is 54.6 Å². The van der Waals surface area contributed by atoms with Crippen molar-refractivity contribution in [3.8, 4) is 0 Å². The van der Waals surface area contributed by atoms with Crippen LogP contribution in [-0.4, -0.2) is 116 Å². The molecule has 17 heteroatoms. The highest BCUT2D eigenvalue weighted by Crippen LogP contribution is 2.34. The van der Waals surface area contributed by atoms with E-state index in [-0.39, 0.29) is 29.8 Å². The Labute approximate surface area is 296 Å². The fraction of sp³-hybridized carbons (Fsp3) is 0.371. The van der Waals surface area contributed by atoms with Gasteiger partial charge in [0.1, 0.15) is 18.3 Å². The van der Waals surface area contributed by atoms with Crippen molar-refractivity contribution in [2.24, 2.45) is 5.11 Å². The van der Waals surface area contributed by atoms with E-state index < -0.39 is 85.8 Å². The van der Waals surface area contributed by atoms with Crippen LogP contribution >= 0.6 is 0 Å². The zero-order valence-electron chi connectivity index (χ0n) is 27.6. The van der Waals surface area contributed by atoms with Crippen LogP contribution in [0.4, 0.5) is 0 Å². The third-order valence-corrected chi connectivity index (χ3v) is 7.96. The number of nitrogens with zero attached hydrogens (tertiary/aromatic N) is 3. The van der Waals surface area contributed by atoms with Gasteiger partial charge in [0.25, 0.3) is 0 Å². The molecule has 17 nitrogen and oxygen atoms in total. The number of rotatable bonds is 13. The Kier molecular flexibility index (Phi) is 13.3. The largest absolute Gasteiger partial charge is 0.467 e. The standard InChI is InChI=1S/C35H35N3O14/c1-45-33(44)28-26(49-31(42)21-13-7-3-8-14-21)27(29(35(52-28)46-18-17-37-38-36)50-32(43)22-15-9-4-10-16-22)51-34-25(40)24(39)23(19-47-34)48-30(41)20-11-5-2-6-12-20/h2-16,23-29,34-35,39-40H,17-19H2,1H3/t23-,24?,25?,26+,27?,28?,29?,34-,35-/m1/s1. The Morgan fingerprint density at radius 1 is 0.750 bits per heavy atom. The summed E-state index contributed by atoms with van der Waals surface area (Å²) >= 11 is 0.